The summed E-state index contributed by atoms with van der Waals surface area (Å²) in [7, 11) is -3.59. The zero-order valence-corrected chi connectivity index (χ0v) is 13.9. The summed E-state index contributed by atoms with van der Waals surface area (Å²) in [6, 6.07) is 3.40. The fraction of sp³-hybridized carbons (Fsp3) is 0.357. The molecule has 21 heavy (non-hydrogen) atoms. The fourth-order valence-electron chi connectivity index (χ4n) is 1.96. The summed E-state index contributed by atoms with van der Waals surface area (Å²) < 4.78 is 27.4. The molecule has 3 N–H and O–H groups in total. The molecule has 1 heterocycles. The predicted octanol–water partition coefficient (Wildman–Crippen LogP) is 2.38. The first-order valence-corrected chi connectivity index (χ1v) is 8.93. The molecule has 0 atom stereocenters. The highest BCUT2D eigenvalue weighted by atomic mass is 32.2. The van der Waals surface area contributed by atoms with Crippen molar-refractivity contribution in [2.45, 2.75) is 38.6 Å². The van der Waals surface area contributed by atoms with E-state index in [4.69, 9.17) is 5.73 Å². The number of anilines is 1. The number of thiazole rings is 1. The predicted molar refractivity (Wildman–Crippen MR) is 85.8 cm³/mol. The second-order valence-electron chi connectivity index (χ2n) is 4.88. The van der Waals surface area contributed by atoms with Gasteiger partial charge in [-0.25, -0.2) is 18.1 Å². The second-order valence-corrected chi connectivity index (χ2v) is 7.81. The molecule has 0 fully saturated rings. The number of nitrogens with two attached hydrogens (primary N) is 1. The van der Waals surface area contributed by atoms with Crippen LogP contribution in [0, 0.1) is 13.8 Å². The van der Waals surface area contributed by atoms with Crippen LogP contribution in [-0.4, -0.2) is 13.4 Å². The van der Waals surface area contributed by atoms with E-state index in [1.54, 1.807) is 25.3 Å². The van der Waals surface area contributed by atoms with Crippen LogP contribution in [0.1, 0.15) is 27.9 Å². The molecule has 2 rings (SSSR count). The van der Waals surface area contributed by atoms with Crippen molar-refractivity contribution >= 4 is 27.0 Å². The molecule has 0 amide bonds. The summed E-state index contributed by atoms with van der Waals surface area (Å²) in [5.74, 6) is 0. The van der Waals surface area contributed by atoms with Gasteiger partial charge in [-0.1, -0.05) is 6.92 Å². The van der Waals surface area contributed by atoms with Gasteiger partial charge >= 0.3 is 0 Å². The lowest BCUT2D eigenvalue weighted by Gasteiger charge is -2.11. The number of nitrogens with zero attached hydrogens (tertiary/aromatic N) is 1. The van der Waals surface area contributed by atoms with E-state index in [2.05, 4.69) is 9.71 Å². The first kappa shape index (κ1) is 15.9. The number of benzene rings is 1. The van der Waals surface area contributed by atoms with Crippen molar-refractivity contribution in [3.05, 3.63) is 39.3 Å². The van der Waals surface area contributed by atoms with Gasteiger partial charge in [0.2, 0.25) is 10.0 Å². The lowest BCUT2D eigenvalue weighted by molar-refractivity contribution is 0.580. The first-order chi connectivity index (χ1) is 9.83. The normalized spacial score (nSPS) is 11.8. The molecule has 0 saturated carbocycles. The van der Waals surface area contributed by atoms with Gasteiger partial charge in [0.1, 0.15) is 5.01 Å². The van der Waals surface area contributed by atoms with Crippen LogP contribution in [0.25, 0.3) is 0 Å². The van der Waals surface area contributed by atoms with E-state index in [9.17, 15) is 8.42 Å². The number of nitrogens with one attached hydrogen (secondary N) is 1. The van der Waals surface area contributed by atoms with Crippen molar-refractivity contribution in [2.75, 3.05) is 5.73 Å². The molecule has 0 unspecified atom stereocenters. The van der Waals surface area contributed by atoms with Crippen LogP contribution in [0.3, 0.4) is 0 Å². The number of nitrogen functional groups attached to an aromatic ring is 1. The fourth-order valence-corrected chi connectivity index (χ4v) is 4.20. The zero-order chi connectivity index (χ0) is 15.6. The molecule has 0 aliphatic carbocycles. The number of aromatic nitrogens is 1. The van der Waals surface area contributed by atoms with Crippen molar-refractivity contribution in [1.29, 1.82) is 0 Å². The second kappa shape index (κ2) is 6.13. The van der Waals surface area contributed by atoms with Crippen molar-refractivity contribution in [1.82, 2.24) is 9.71 Å². The number of hydrogen-bond donors (Lipinski definition) is 2. The smallest absolute Gasteiger partial charge is 0.241 e. The third-order valence-corrected chi connectivity index (χ3v) is 5.87. The molecule has 0 aliphatic rings. The van der Waals surface area contributed by atoms with Crippen LogP contribution in [0.15, 0.2) is 23.2 Å². The summed E-state index contributed by atoms with van der Waals surface area (Å²) in [5, 5.41) is 0.758. The zero-order valence-electron chi connectivity index (χ0n) is 12.3. The molecule has 0 saturated heterocycles. The Morgan fingerprint density at radius 1 is 1.33 bits per heavy atom. The molecule has 114 valence electrons. The molecule has 0 radical (unpaired) electrons. The van der Waals surface area contributed by atoms with Gasteiger partial charge in [-0.05, 0) is 43.5 Å². The van der Waals surface area contributed by atoms with Crippen LogP contribution >= 0.6 is 11.3 Å². The lowest BCUT2D eigenvalue weighted by atomic mass is 10.1. The summed E-state index contributed by atoms with van der Waals surface area (Å²) in [6.07, 6.45) is 2.68. The Kier molecular flexibility index (Phi) is 4.65. The Bertz CT molecular complexity index is 752. The van der Waals surface area contributed by atoms with Gasteiger partial charge in [-0.15, -0.1) is 11.3 Å². The van der Waals surface area contributed by atoms with Crippen LogP contribution in [0.2, 0.25) is 0 Å². The van der Waals surface area contributed by atoms with Gasteiger partial charge in [0.25, 0.3) is 0 Å². The quantitative estimate of drug-likeness (QED) is 0.827. The highest BCUT2D eigenvalue weighted by Crippen LogP contribution is 2.23. The molecule has 7 heteroatoms. The maximum atomic E-state index is 12.4. The van der Waals surface area contributed by atoms with E-state index in [1.807, 2.05) is 13.8 Å². The van der Waals surface area contributed by atoms with E-state index in [0.29, 0.717) is 11.3 Å². The molecular formula is C14H19N3O2S2. The number of hydrogen-bond acceptors (Lipinski definition) is 5. The Hall–Kier alpha value is -1.44. The highest BCUT2D eigenvalue weighted by Gasteiger charge is 2.19. The highest BCUT2D eigenvalue weighted by molar-refractivity contribution is 7.89. The molecule has 0 bridgehead atoms. The number of aryl methyl sites for hydroxylation is 2. The maximum absolute atomic E-state index is 12.4. The SMILES string of the molecule is CCc1cnc(CNS(=O)(=O)c2cc(C)cc(N)c2C)s1. The minimum Gasteiger partial charge on any atom is -0.398 e. The van der Waals surface area contributed by atoms with Gasteiger partial charge in [-0.3, -0.25) is 0 Å². The van der Waals surface area contributed by atoms with Gasteiger partial charge in [0, 0.05) is 16.8 Å². The Morgan fingerprint density at radius 2 is 2.05 bits per heavy atom. The summed E-state index contributed by atoms with van der Waals surface area (Å²) in [4.78, 5) is 5.58. The Morgan fingerprint density at radius 3 is 2.67 bits per heavy atom. The van der Waals surface area contributed by atoms with Crippen molar-refractivity contribution < 1.29 is 8.42 Å². The average Bonchev–Trinajstić information content (AvgIpc) is 2.88. The lowest BCUT2D eigenvalue weighted by Crippen LogP contribution is -2.24. The maximum Gasteiger partial charge on any atom is 0.241 e. The molecule has 0 spiro atoms. The third kappa shape index (κ3) is 3.61. The van der Waals surface area contributed by atoms with Crippen molar-refractivity contribution in [3.63, 3.8) is 0 Å². The summed E-state index contributed by atoms with van der Waals surface area (Å²) >= 11 is 1.52. The Labute approximate surface area is 129 Å². The van der Waals surface area contributed by atoms with Crippen LogP contribution in [0.5, 0.6) is 0 Å². The monoisotopic (exact) mass is 325 g/mol. The van der Waals surface area contributed by atoms with Crippen molar-refractivity contribution in [3.8, 4) is 0 Å². The molecular weight excluding hydrogens is 306 g/mol. The largest absolute Gasteiger partial charge is 0.398 e. The number of sulfonamides is 1. The molecule has 0 aliphatic heterocycles. The number of rotatable bonds is 5. The minimum absolute atomic E-state index is 0.195. The third-order valence-electron chi connectivity index (χ3n) is 3.20. The van der Waals surface area contributed by atoms with E-state index >= 15 is 0 Å². The van der Waals surface area contributed by atoms with E-state index in [1.165, 1.54) is 11.3 Å². The van der Waals surface area contributed by atoms with Gasteiger partial charge in [0.05, 0.1) is 11.4 Å². The summed E-state index contributed by atoms with van der Waals surface area (Å²) in [5.41, 5.74) is 7.72. The average molecular weight is 325 g/mol. The molecule has 2 aromatic rings. The standard InChI is InChI=1S/C14H19N3O2S2/c1-4-11-7-16-14(20-11)8-17-21(18,19)13-6-9(2)5-12(15)10(13)3/h5-7,17H,4,8,15H2,1-3H3. The van der Waals surface area contributed by atoms with E-state index < -0.39 is 10.0 Å². The van der Waals surface area contributed by atoms with Gasteiger partial charge in [0.15, 0.2) is 0 Å². The van der Waals surface area contributed by atoms with E-state index in [0.717, 1.165) is 21.9 Å². The van der Waals surface area contributed by atoms with E-state index in [-0.39, 0.29) is 11.4 Å². The first-order valence-electron chi connectivity index (χ1n) is 6.63. The van der Waals surface area contributed by atoms with Crippen molar-refractivity contribution in [2.24, 2.45) is 0 Å². The van der Waals surface area contributed by atoms with Gasteiger partial charge < -0.3 is 5.73 Å². The minimum atomic E-state index is -3.59. The van der Waals surface area contributed by atoms with Gasteiger partial charge in [-0.2, -0.15) is 0 Å². The van der Waals surface area contributed by atoms with Crippen LogP contribution < -0.4 is 10.5 Å². The summed E-state index contributed by atoms with van der Waals surface area (Å²) in [6.45, 7) is 5.77. The molecule has 1 aromatic carbocycles. The topological polar surface area (TPSA) is 85.1 Å². The Balaban J connectivity index is 2.22. The molecule has 1 aromatic heterocycles. The molecule has 5 nitrogen and oxygen atoms in total. The van der Waals surface area contributed by atoms with Crippen LogP contribution in [0.4, 0.5) is 5.69 Å². The van der Waals surface area contributed by atoms with Crippen LogP contribution in [-0.2, 0) is 23.0 Å².